The molecular weight excluding hydrogens is 270 g/mol. The van der Waals surface area contributed by atoms with Gasteiger partial charge in [-0.2, -0.15) is 0 Å². The summed E-state index contributed by atoms with van der Waals surface area (Å²) in [6.07, 6.45) is 0.215. The monoisotopic (exact) mass is 281 g/mol. The van der Waals surface area contributed by atoms with Gasteiger partial charge in [-0.3, -0.25) is 4.79 Å². The average Bonchev–Trinajstić information content (AvgIpc) is 2.97. The lowest BCUT2D eigenvalue weighted by Crippen LogP contribution is -2.34. The molecule has 0 aliphatic heterocycles. The largest absolute Gasteiger partial charge is 0.479 e. The molecule has 0 spiro atoms. The third kappa shape index (κ3) is 3.18. The molecule has 6 heteroatoms. The Labute approximate surface area is 112 Å². The lowest BCUT2D eigenvalue weighted by atomic mass is 10.2. The fraction of sp³-hybridized carbons (Fsp3) is 0.167. The van der Waals surface area contributed by atoms with Gasteiger partial charge < -0.3 is 10.4 Å². The van der Waals surface area contributed by atoms with Gasteiger partial charge in [-0.25, -0.2) is 4.79 Å². The van der Waals surface area contributed by atoms with Crippen LogP contribution in [0.3, 0.4) is 0 Å². The van der Waals surface area contributed by atoms with Crippen molar-refractivity contribution in [1.29, 1.82) is 0 Å². The van der Waals surface area contributed by atoms with Crippen molar-refractivity contribution in [2.75, 3.05) is 0 Å². The molecule has 1 amide bonds. The minimum atomic E-state index is -1.04. The molecule has 2 heterocycles. The summed E-state index contributed by atoms with van der Waals surface area (Å²) in [5.74, 6) is -1.32. The molecule has 0 aliphatic carbocycles. The number of carboxylic acids is 1. The highest BCUT2D eigenvalue weighted by atomic mass is 32.1. The number of nitrogens with one attached hydrogen (secondary N) is 1. The first-order valence-corrected chi connectivity index (χ1v) is 7.00. The summed E-state index contributed by atoms with van der Waals surface area (Å²) in [7, 11) is 0. The summed E-state index contributed by atoms with van der Waals surface area (Å²) in [6.45, 7) is 0. The molecule has 0 aliphatic rings. The molecule has 0 saturated carbocycles. The Morgan fingerprint density at radius 3 is 2.50 bits per heavy atom. The van der Waals surface area contributed by atoms with Crippen molar-refractivity contribution in [2.24, 2.45) is 0 Å². The Morgan fingerprint density at radius 2 is 1.94 bits per heavy atom. The Morgan fingerprint density at radius 1 is 1.22 bits per heavy atom. The van der Waals surface area contributed by atoms with E-state index in [1.54, 1.807) is 17.5 Å². The molecule has 0 aromatic carbocycles. The number of carbonyl (C=O) groups is 2. The van der Waals surface area contributed by atoms with E-state index in [0.717, 1.165) is 4.88 Å². The Balaban J connectivity index is 2.01. The standard InChI is InChI=1S/C12H11NO3S2/c14-10(7-8-3-1-5-17-8)13-11(12(15)16)9-4-2-6-18-9/h1-6,11H,7H2,(H,13,14)(H,15,16). The van der Waals surface area contributed by atoms with Gasteiger partial charge in [0.1, 0.15) is 0 Å². The maximum atomic E-state index is 11.8. The highest BCUT2D eigenvalue weighted by Crippen LogP contribution is 2.19. The van der Waals surface area contributed by atoms with Crippen LogP contribution in [-0.2, 0) is 16.0 Å². The number of hydrogen-bond donors (Lipinski definition) is 2. The molecular formula is C12H11NO3S2. The lowest BCUT2D eigenvalue weighted by Gasteiger charge is -2.12. The molecule has 0 bridgehead atoms. The predicted octanol–water partition coefficient (Wildman–Crippen LogP) is 2.29. The molecule has 1 atom stereocenters. The van der Waals surface area contributed by atoms with Crippen LogP contribution in [-0.4, -0.2) is 17.0 Å². The number of aliphatic carboxylic acids is 1. The molecule has 2 aromatic rings. The van der Waals surface area contributed by atoms with Crippen molar-refractivity contribution in [3.05, 3.63) is 44.8 Å². The van der Waals surface area contributed by atoms with Gasteiger partial charge >= 0.3 is 5.97 Å². The van der Waals surface area contributed by atoms with Gasteiger partial charge in [-0.15, -0.1) is 22.7 Å². The van der Waals surface area contributed by atoms with E-state index in [-0.39, 0.29) is 12.3 Å². The van der Waals surface area contributed by atoms with Gasteiger partial charge in [0.15, 0.2) is 6.04 Å². The second kappa shape index (κ2) is 5.79. The van der Waals surface area contributed by atoms with Gasteiger partial charge in [0, 0.05) is 9.75 Å². The van der Waals surface area contributed by atoms with Crippen LogP contribution in [0.2, 0.25) is 0 Å². The van der Waals surface area contributed by atoms with E-state index in [9.17, 15) is 9.59 Å². The maximum Gasteiger partial charge on any atom is 0.331 e. The van der Waals surface area contributed by atoms with Crippen LogP contribution in [0.25, 0.3) is 0 Å². The van der Waals surface area contributed by atoms with E-state index in [2.05, 4.69) is 5.32 Å². The quantitative estimate of drug-likeness (QED) is 0.883. The summed E-state index contributed by atoms with van der Waals surface area (Å²) in [6, 6.07) is 6.22. The minimum absolute atomic E-state index is 0.215. The van der Waals surface area contributed by atoms with Crippen molar-refractivity contribution >= 4 is 34.6 Å². The molecule has 2 aromatic heterocycles. The molecule has 2 N–H and O–H groups in total. The van der Waals surface area contributed by atoms with Crippen molar-refractivity contribution in [3.8, 4) is 0 Å². The summed E-state index contributed by atoms with van der Waals surface area (Å²) < 4.78 is 0. The van der Waals surface area contributed by atoms with E-state index < -0.39 is 12.0 Å². The first-order valence-electron chi connectivity index (χ1n) is 5.25. The van der Waals surface area contributed by atoms with Crippen LogP contribution in [0, 0.1) is 0 Å². The molecule has 0 radical (unpaired) electrons. The SMILES string of the molecule is O=C(Cc1cccs1)NC(C(=O)O)c1cccs1. The first-order chi connectivity index (χ1) is 8.66. The van der Waals surface area contributed by atoms with Gasteiger partial charge in [-0.1, -0.05) is 12.1 Å². The second-order valence-electron chi connectivity index (χ2n) is 3.61. The van der Waals surface area contributed by atoms with Gasteiger partial charge in [-0.05, 0) is 22.9 Å². The highest BCUT2D eigenvalue weighted by molar-refractivity contribution is 7.10. The van der Waals surface area contributed by atoms with Crippen LogP contribution < -0.4 is 5.32 Å². The molecule has 94 valence electrons. The molecule has 18 heavy (non-hydrogen) atoms. The fourth-order valence-corrected chi connectivity index (χ4v) is 2.96. The minimum Gasteiger partial charge on any atom is -0.479 e. The van der Waals surface area contributed by atoms with Crippen LogP contribution in [0.4, 0.5) is 0 Å². The molecule has 4 nitrogen and oxygen atoms in total. The van der Waals surface area contributed by atoms with Crippen molar-refractivity contribution in [3.63, 3.8) is 0 Å². The first kappa shape index (κ1) is 12.8. The molecule has 1 unspecified atom stereocenters. The maximum absolute atomic E-state index is 11.8. The van der Waals surface area contributed by atoms with Crippen LogP contribution in [0.1, 0.15) is 15.8 Å². The Bertz CT molecular complexity index is 520. The molecule has 2 rings (SSSR count). The topological polar surface area (TPSA) is 66.4 Å². The molecule has 0 saturated heterocycles. The van der Waals surface area contributed by atoms with Gasteiger partial charge in [0.25, 0.3) is 0 Å². The van der Waals surface area contributed by atoms with Crippen LogP contribution >= 0.6 is 22.7 Å². The zero-order chi connectivity index (χ0) is 13.0. The third-order valence-corrected chi connectivity index (χ3v) is 4.11. The Kier molecular flexibility index (Phi) is 4.11. The summed E-state index contributed by atoms with van der Waals surface area (Å²) in [5.41, 5.74) is 0. The lowest BCUT2D eigenvalue weighted by molar-refractivity contribution is -0.141. The van der Waals surface area contributed by atoms with E-state index in [0.29, 0.717) is 4.88 Å². The van der Waals surface area contributed by atoms with E-state index in [1.807, 2.05) is 17.5 Å². The van der Waals surface area contributed by atoms with Crippen molar-refractivity contribution in [2.45, 2.75) is 12.5 Å². The number of amides is 1. The second-order valence-corrected chi connectivity index (χ2v) is 5.62. The third-order valence-electron chi connectivity index (χ3n) is 2.29. The van der Waals surface area contributed by atoms with E-state index >= 15 is 0 Å². The fourth-order valence-electron chi connectivity index (χ4n) is 1.49. The van der Waals surface area contributed by atoms with Crippen molar-refractivity contribution < 1.29 is 14.7 Å². The van der Waals surface area contributed by atoms with Crippen molar-refractivity contribution in [1.82, 2.24) is 5.32 Å². The number of carbonyl (C=O) groups excluding carboxylic acids is 1. The van der Waals surface area contributed by atoms with E-state index in [4.69, 9.17) is 5.11 Å². The van der Waals surface area contributed by atoms with Crippen LogP contribution in [0.15, 0.2) is 35.0 Å². The number of carboxylic acid groups (broad SMARTS) is 1. The zero-order valence-electron chi connectivity index (χ0n) is 9.33. The van der Waals surface area contributed by atoms with Gasteiger partial charge in [0.2, 0.25) is 5.91 Å². The average molecular weight is 281 g/mol. The smallest absolute Gasteiger partial charge is 0.331 e. The number of thiophene rings is 2. The zero-order valence-corrected chi connectivity index (χ0v) is 11.0. The van der Waals surface area contributed by atoms with E-state index in [1.165, 1.54) is 22.7 Å². The normalized spacial score (nSPS) is 12.0. The summed E-state index contributed by atoms with van der Waals surface area (Å²) in [4.78, 5) is 24.4. The predicted molar refractivity (Wildman–Crippen MR) is 70.9 cm³/mol. The number of rotatable bonds is 5. The number of hydrogen-bond acceptors (Lipinski definition) is 4. The highest BCUT2D eigenvalue weighted by Gasteiger charge is 2.22. The Hall–Kier alpha value is -1.66. The van der Waals surface area contributed by atoms with Gasteiger partial charge in [0.05, 0.1) is 6.42 Å². The summed E-state index contributed by atoms with van der Waals surface area (Å²) >= 11 is 2.79. The summed E-state index contributed by atoms with van der Waals surface area (Å²) in [5, 5.41) is 15.3. The van der Waals surface area contributed by atoms with Crippen LogP contribution in [0.5, 0.6) is 0 Å². The molecule has 0 fully saturated rings.